The van der Waals surface area contributed by atoms with Crippen molar-refractivity contribution in [3.8, 4) is 0 Å². The Labute approximate surface area is 117 Å². The third-order valence-electron chi connectivity index (χ3n) is 3.71. The second-order valence-corrected chi connectivity index (χ2v) is 5.62. The van der Waals surface area contributed by atoms with Crippen LogP contribution < -0.4 is 5.32 Å². The van der Waals surface area contributed by atoms with Crippen molar-refractivity contribution in [2.24, 2.45) is 5.92 Å². The maximum Gasteiger partial charge on any atom is 0.0897 e. The second kappa shape index (κ2) is 10.6. The van der Waals surface area contributed by atoms with Gasteiger partial charge in [0.25, 0.3) is 0 Å². The van der Waals surface area contributed by atoms with Gasteiger partial charge in [-0.25, -0.2) is 0 Å². The zero-order valence-corrected chi connectivity index (χ0v) is 12.6. The van der Waals surface area contributed by atoms with Crippen LogP contribution in [0.1, 0.15) is 46.0 Å². The molecule has 0 aromatic heterocycles. The Bertz CT molecular complexity index is 206. The topological polar surface area (TPSA) is 50.7 Å². The first kappa shape index (κ1) is 16.9. The lowest BCUT2D eigenvalue weighted by Gasteiger charge is -2.27. The van der Waals surface area contributed by atoms with Gasteiger partial charge in [-0.05, 0) is 51.5 Å². The summed E-state index contributed by atoms with van der Waals surface area (Å²) in [5, 5.41) is 13.0. The number of hydrogen-bond donors (Lipinski definition) is 2. The van der Waals surface area contributed by atoms with Gasteiger partial charge in [-0.3, -0.25) is 0 Å². The van der Waals surface area contributed by atoms with Crippen molar-refractivity contribution in [1.29, 1.82) is 0 Å². The van der Waals surface area contributed by atoms with Crippen molar-refractivity contribution < 1.29 is 14.6 Å². The van der Waals surface area contributed by atoms with E-state index < -0.39 is 6.10 Å². The monoisotopic (exact) mass is 273 g/mol. The maximum absolute atomic E-state index is 9.82. The summed E-state index contributed by atoms with van der Waals surface area (Å²) in [6, 6.07) is 0. The van der Waals surface area contributed by atoms with Gasteiger partial charge in [0.15, 0.2) is 0 Å². The Morgan fingerprint density at radius 3 is 2.68 bits per heavy atom. The number of aliphatic hydroxyl groups is 1. The molecule has 0 aromatic rings. The van der Waals surface area contributed by atoms with Gasteiger partial charge in [0.1, 0.15) is 0 Å². The lowest BCUT2D eigenvalue weighted by atomic mass is 9.89. The van der Waals surface area contributed by atoms with Gasteiger partial charge in [0.2, 0.25) is 0 Å². The first-order valence-electron chi connectivity index (χ1n) is 7.80. The van der Waals surface area contributed by atoms with Gasteiger partial charge in [-0.1, -0.05) is 6.92 Å². The molecule has 0 bridgehead atoms. The van der Waals surface area contributed by atoms with Crippen molar-refractivity contribution >= 4 is 0 Å². The Morgan fingerprint density at radius 1 is 1.26 bits per heavy atom. The van der Waals surface area contributed by atoms with Crippen molar-refractivity contribution in [1.82, 2.24) is 5.32 Å². The van der Waals surface area contributed by atoms with Crippen LogP contribution in [-0.2, 0) is 9.47 Å². The summed E-state index contributed by atoms with van der Waals surface area (Å²) < 4.78 is 11.0. The maximum atomic E-state index is 9.82. The molecule has 0 amide bonds. The number of ether oxygens (including phenoxy) is 2. The molecule has 1 atom stereocenters. The van der Waals surface area contributed by atoms with E-state index in [4.69, 9.17) is 9.47 Å². The molecule has 2 N–H and O–H groups in total. The first-order valence-corrected chi connectivity index (χ1v) is 7.80. The van der Waals surface area contributed by atoms with Crippen LogP contribution >= 0.6 is 0 Å². The van der Waals surface area contributed by atoms with E-state index in [9.17, 15) is 5.11 Å². The second-order valence-electron chi connectivity index (χ2n) is 5.62. The molecule has 0 spiro atoms. The number of rotatable bonds is 10. The molecule has 1 aliphatic carbocycles. The average molecular weight is 273 g/mol. The summed E-state index contributed by atoms with van der Waals surface area (Å²) in [4.78, 5) is 0. The smallest absolute Gasteiger partial charge is 0.0897 e. The summed E-state index contributed by atoms with van der Waals surface area (Å²) >= 11 is 0. The third kappa shape index (κ3) is 8.58. The minimum absolute atomic E-state index is 0.365. The Kier molecular flexibility index (Phi) is 9.43. The summed E-state index contributed by atoms with van der Waals surface area (Å²) in [7, 11) is 0. The number of aliphatic hydroxyl groups excluding tert-OH is 1. The van der Waals surface area contributed by atoms with Gasteiger partial charge < -0.3 is 19.9 Å². The van der Waals surface area contributed by atoms with Crippen molar-refractivity contribution in [3.05, 3.63) is 0 Å². The Morgan fingerprint density at radius 2 is 2.00 bits per heavy atom. The van der Waals surface area contributed by atoms with E-state index in [-0.39, 0.29) is 0 Å². The molecule has 0 radical (unpaired) electrons. The van der Waals surface area contributed by atoms with Gasteiger partial charge in [0.05, 0.1) is 18.8 Å². The molecular formula is C15H31NO3. The zero-order chi connectivity index (χ0) is 13.9. The van der Waals surface area contributed by atoms with E-state index in [0.29, 0.717) is 19.3 Å². The van der Waals surface area contributed by atoms with Crippen molar-refractivity contribution in [2.75, 3.05) is 32.9 Å². The lowest BCUT2D eigenvalue weighted by molar-refractivity contribution is -0.0278. The molecule has 1 fully saturated rings. The van der Waals surface area contributed by atoms with Gasteiger partial charge >= 0.3 is 0 Å². The summed E-state index contributed by atoms with van der Waals surface area (Å²) in [6.07, 6.45) is 5.77. The van der Waals surface area contributed by atoms with E-state index >= 15 is 0 Å². The van der Waals surface area contributed by atoms with Crippen molar-refractivity contribution in [3.63, 3.8) is 0 Å². The molecule has 4 nitrogen and oxygen atoms in total. The van der Waals surface area contributed by atoms with Crippen LogP contribution in [-0.4, -0.2) is 50.2 Å². The molecule has 4 heteroatoms. The van der Waals surface area contributed by atoms with Crippen LogP contribution in [0.4, 0.5) is 0 Å². The average Bonchev–Trinajstić information content (AvgIpc) is 2.42. The van der Waals surface area contributed by atoms with E-state index in [1.165, 1.54) is 12.8 Å². The molecule has 1 saturated carbocycles. The molecule has 0 aliphatic heterocycles. The normalized spacial score (nSPS) is 25.4. The third-order valence-corrected chi connectivity index (χ3v) is 3.71. The van der Waals surface area contributed by atoms with E-state index in [2.05, 4.69) is 12.2 Å². The highest BCUT2D eigenvalue weighted by atomic mass is 16.5. The quantitative estimate of drug-likeness (QED) is 0.597. The van der Waals surface area contributed by atoms with E-state index in [1.807, 2.05) is 6.92 Å². The Hall–Kier alpha value is -0.160. The minimum Gasteiger partial charge on any atom is -0.389 e. The fourth-order valence-electron chi connectivity index (χ4n) is 2.41. The highest BCUT2D eigenvalue weighted by Crippen LogP contribution is 2.25. The summed E-state index contributed by atoms with van der Waals surface area (Å²) in [5.74, 6) is 0.844. The van der Waals surface area contributed by atoms with Crippen LogP contribution in [0.15, 0.2) is 0 Å². The SMILES string of the molecule is CCOCCCNCC(O)COC1CCC(C)CC1. The molecule has 0 saturated heterocycles. The number of hydrogen-bond acceptors (Lipinski definition) is 4. The molecule has 1 unspecified atom stereocenters. The molecule has 1 rings (SSSR count). The van der Waals surface area contributed by atoms with Gasteiger partial charge in [-0.2, -0.15) is 0 Å². The van der Waals surface area contributed by atoms with Crippen molar-refractivity contribution in [2.45, 2.75) is 58.2 Å². The standard InChI is InChI=1S/C15H31NO3/c1-3-18-10-4-9-16-11-14(17)12-19-15-7-5-13(2)6-8-15/h13-17H,3-12H2,1-2H3. The highest BCUT2D eigenvalue weighted by Gasteiger charge is 2.19. The Balaban J connectivity index is 1.91. The molecule has 114 valence electrons. The summed E-state index contributed by atoms with van der Waals surface area (Å²) in [5.41, 5.74) is 0. The molecule has 19 heavy (non-hydrogen) atoms. The predicted molar refractivity (Wildman–Crippen MR) is 77.4 cm³/mol. The molecule has 0 aromatic carbocycles. The molecule has 0 heterocycles. The molecular weight excluding hydrogens is 242 g/mol. The fraction of sp³-hybridized carbons (Fsp3) is 1.00. The zero-order valence-electron chi connectivity index (χ0n) is 12.6. The highest BCUT2D eigenvalue weighted by molar-refractivity contribution is 4.71. The first-order chi connectivity index (χ1) is 9.22. The lowest BCUT2D eigenvalue weighted by Crippen LogP contribution is -2.33. The van der Waals surface area contributed by atoms with Crippen LogP contribution in [0.25, 0.3) is 0 Å². The predicted octanol–water partition coefficient (Wildman–Crippen LogP) is 1.96. The fourth-order valence-corrected chi connectivity index (χ4v) is 2.41. The molecule has 1 aliphatic rings. The van der Waals surface area contributed by atoms with E-state index in [0.717, 1.165) is 44.9 Å². The number of nitrogens with one attached hydrogen (secondary N) is 1. The largest absolute Gasteiger partial charge is 0.389 e. The van der Waals surface area contributed by atoms with E-state index in [1.54, 1.807) is 0 Å². The van der Waals surface area contributed by atoms with Gasteiger partial charge in [-0.15, -0.1) is 0 Å². The van der Waals surface area contributed by atoms with Gasteiger partial charge in [0, 0.05) is 19.8 Å². The van der Waals surface area contributed by atoms with Crippen LogP contribution in [0.3, 0.4) is 0 Å². The minimum atomic E-state index is -0.397. The summed E-state index contributed by atoms with van der Waals surface area (Å²) in [6.45, 7) is 7.81. The van der Waals surface area contributed by atoms with Crippen LogP contribution in [0, 0.1) is 5.92 Å². The van der Waals surface area contributed by atoms with Crippen LogP contribution in [0.2, 0.25) is 0 Å². The van der Waals surface area contributed by atoms with Crippen LogP contribution in [0.5, 0.6) is 0 Å².